The van der Waals surface area contributed by atoms with Crippen molar-refractivity contribution in [1.82, 2.24) is 0 Å². The maximum absolute atomic E-state index is 11.8. The Bertz CT molecular complexity index is 786. The first-order valence-electron chi connectivity index (χ1n) is 6.72. The normalized spacial score (nSPS) is 13.7. The smallest absolute Gasteiger partial charge is 0.258 e. The summed E-state index contributed by atoms with van der Waals surface area (Å²) < 4.78 is 0. The van der Waals surface area contributed by atoms with E-state index < -0.39 is 0 Å². The number of nitrogens with zero attached hydrogens (tertiary/aromatic N) is 1. The van der Waals surface area contributed by atoms with Crippen LogP contribution in [0.15, 0.2) is 61.2 Å². The molecule has 0 aromatic heterocycles. The van der Waals surface area contributed by atoms with Crippen LogP contribution in [0.25, 0.3) is 17.2 Å². The van der Waals surface area contributed by atoms with E-state index in [1.54, 1.807) is 36.4 Å². The summed E-state index contributed by atoms with van der Waals surface area (Å²) in [5.41, 5.74) is 3.03. The van der Waals surface area contributed by atoms with Crippen molar-refractivity contribution in [2.24, 2.45) is 0 Å². The van der Waals surface area contributed by atoms with Gasteiger partial charge in [-0.15, -0.1) is 0 Å². The second-order valence-electron chi connectivity index (χ2n) is 4.87. The second kappa shape index (κ2) is 5.33. The van der Waals surface area contributed by atoms with Crippen LogP contribution in [0.5, 0.6) is 5.75 Å². The predicted octanol–water partition coefficient (Wildman–Crippen LogP) is 3.13. The van der Waals surface area contributed by atoms with Crippen LogP contribution in [0.3, 0.4) is 0 Å². The Morgan fingerprint density at radius 3 is 2.09 bits per heavy atom. The lowest BCUT2D eigenvalue weighted by atomic mass is 10.0. The number of hydrogen-bond donors (Lipinski definition) is 1. The van der Waals surface area contributed by atoms with Gasteiger partial charge in [0.15, 0.2) is 0 Å². The third-order valence-electron chi connectivity index (χ3n) is 3.50. The number of carbonyl (C=O) groups excluding carboxylic acids is 2. The summed E-state index contributed by atoms with van der Waals surface area (Å²) >= 11 is 0. The van der Waals surface area contributed by atoms with E-state index in [1.807, 2.05) is 12.1 Å². The van der Waals surface area contributed by atoms with Crippen molar-refractivity contribution in [3.05, 3.63) is 66.8 Å². The van der Waals surface area contributed by atoms with Crippen molar-refractivity contribution in [1.29, 1.82) is 0 Å². The Labute approximate surface area is 127 Å². The van der Waals surface area contributed by atoms with Crippen molar-refractivity contribution >= 4 is 23.6 Å². The molecular formula is C18H13NO3. The fourth-order valence-corrected chi connectivity index (χ4v) is 2.39. The molecule has 0 radical (unpaired) electrons. The van der Waals surface area contributed by atoms with E-state index in [1.165, 1.54) is 12.2 Å². The number of anilines is 1. The summed E-state index contributed by atoms with van der Waals surface area (Å²) in [6, 6.07) is 12.2. The topological polar surface area (TPSA) is 57.6 Å². The molecule has 4 heteroatoms. The maximum atomic E-state index is 11.8. The fourth-order valence-electron chi connectivity index (χ4n) is 2.39. The minimum absolute atomic E-state index is 0.198. The summed E-state index contributed by atoms with van der Waals surface area (Å²) in [5, 5.41) is 9.35. The Morgan fingerprint density at radius 1 is 0.909 bits per heavy atom. The van der Waals surface area contributed by atoms with Gasteiger partial charge in [0, 0.05) is 12.2 Å². The van der Waals surface area contributed by atoms with Gasteiger partial charge in [0.2, 0.25) is 0 Å². The average molecular weight is 291 g/mol. The van der Waals surface area contributed by atoms with Crippen molar-refractivity contribution in [3.63, 3.8) is 0 Å². The number of hydrogen-bond acceptors (Lipinski definition) is 3. The Balaban J connectivity index is 2.05. The molecule has 0 atom stereocenters. The first kappa shape index (κ1) is 13.8. The lowest BCUT2D eigenvalue weighted by Gasteiger charge is -2.17. The highest BCUT2D eigenvalue weighted by molar-refractivity contribution is 6.28. The molecule has 22 heavy (non-hydrogen) atoms. The molecule has 0 saturated heterocycles. The van der Waals surface area contributed by atoms with Crippen LogP contribution in [-0.2, 0) is 9.59 Å². The van der Waals surface area contributed by atoms with E-state index in [2.05, 4.69) is 6.58 Å². The molecule has 2 amide bonds. The molecule has 0 unspecified atom stereocenters. The standard InChI is InChI=1S/C18H13NO3/c1-2-12-11-14(13-3-6-15(20)7-4-13)5-8-16(12)19-17(21)9-10-18(19)22/h2-11,20H,1H2. The number of aromatic hydroxyl groups is 1. The zero-order chi connectivity index (χ0) is 15.7. The zero-order valence-electron chi connectivity index (χ0n) is 11.7. The number of benzene rings is 2. The Morgan fingerprint density at radius 2 is 1.50 bits per heavy atom. The van der Waals surface area contributed by atoms with Gasteiger partial charge in [-0.2, -0.15) is 0 Å². The average Bonchev–Trinajstić information content (AvgIpc) is 2.86. The third-order valence-corrected chi connectivity index (χ3v) is 3.50. The van der Waals surface area contributed by atoms with Gasteiger partial charge in [0.05, 0.1) is 5.69 Å². The molecule has 2 aromatic rings. The molecule has 108 valence electrons. The maximum Gasteiger partial charge on any atom is 0.258 e. The molecule has 0 saturated carbocycles. The lowest BCUT2D eigenvalue weighted by molar-refractivity contribution is -0.119. The summed E-state index contributed by atoms with van der Waals surface area (Å²) in [5.74, 6) is -0.514. The summed E-state index contributed by atoms with van der Waals surface area (Å²) in [4.78, 5) is 24.7. The van der Waals surface area contributed by atoms with Crippen LogP contribution < -0.4 is 4.90 Å². The van der Waals surface area contributed by atoms with Gasteiger partial charge in [0.1, 0.15) is 5.75 Å². The van der Waals surface area contributed by atoms with Crippen molar-refractivity contribution < 1.29 is 14.7 Å². The van der Waals surface area contributed by atoms with Crippen LogP contribution >= 0.6 is 0 Å². The molecule has 1 heterocycles. The van der Waals surface area contributed by atoms with E-state index in [0.29, 0.717) is 11.3 Å². The third kappa shape index (κ3) is 2.31. The van der Waals surface area contributed by atoms with Crippen molar-refractivity contribution in [2.45, 2.75) is 0 Å². The highest BCUT2D eigenvalue weighted by atomic mass is 16.3. The van der Waals surface area contributed by atoms with E-state index in [4.69, 9.17) is 0 Å². The molecule has 0 spiro atoms. The molecule has 1 N–H and O–H groups in total. The highest BCUT2D eigenvalue weighted by Crippen LogP contribution is 2.30. The first-order valence-corrected chi connectivity index (χ1v) is 6.72. The van der Waals surface area contributed by atoms with Crippen molar-refractivity contribution in [2.75, 3.05) is 4.90 Å². The number of imide groups is 1. The van der Waals surface area contributed by atoms with Crippen molar-refractivity contribution in [3.8, 4) is 16.9 Å². The van der Waals surface area contributed by atoms with E-state index in [9.17, 15) is 14.7 Å². The van der Waals surface area contributed by atoms with Crippen LogP contribution in [0.4, 0.5) is 5.69 Å². The Kier molecular flexibility index (Phi) is 3.35. The van der Waals surface area contributed by atoms with Crippen LogP contribution in [-0.4, -0.2) is 16.9 Å². The summed E-state index contributed by atoms with van der Waals surface area (Å²) in [6.07, 6.45) is 4.12. The van der Waals surface area contributed by atoms with Gasteiger partial charge in [-0.25, -0.2) is 4.90 Å². The molecule has 2 aromatic carbocycles. The monoisotopic (exact) mass is 291 g/mol. The van der Waals surface area contributed by atoms with Crippen LogP contribution in [0.2, 0.25) is 0 Å². The van der Waals surface area contributed by atoms with E-state index in [0.717, 1.165) is 16.0 Å². The molecule has 1 aliphatic rings. The number of amides is 2. The lowest BCUT2D eigenvalue weighted by Crippen LogP contribution is -2.30. The molecule has 0 bridgehead atoms. The van der Waals surface area contributed by atoms with Crippen LogP contribution in [0, 0.1) is 0 Å². The van der Waals surface area contributed by atoms with E-state index in [-0.39, 0.29) is 17.6 Å². The SMILES string of the molecule is C=Cc1cc(-c2ccc(O)cc2)ccc1N1C(=O)C=CC1=O. The molecular weight excluding hydrogens is 278 g/mol. The minimum atomic E-state index is -0.356. The number of phenolic OH excluding ortho intramolecular Hbond substituents is 1. The quantitative estimate of drug-likeness (QED) is 0.884. The molecule has 3 rings (SSSR count). The first-order chi connectivity index (χ1) is 10.6. The zero-order valence-corrected chi connectivity index (χ0v) is 11.7. The number of carbonyl (C=O) groups is 2. The van der Waals surface area contributed by atoms with Gasteiger partial charge in [-0.05, 0) is 41.0 Å². The summed E-state index contributed by atoms with van der Waals surface area (Å²) in [6.45, 7) is 3.75. The van der Waals surface area contributed by atoms with Crippen LogP contribution in [0.1, 0.15) is 5.56 Å². The van der Waals surface area contributed by atoms with E-state index >= 15 is 0 Å². The van der Waals surface area contributed by atoms with Gasteiger partial charge < -0.3 is 5.11 Å². The minimum Gasteiger partial charge on any atom is -0.508 e. The second-order valence-corrected chi connectivity index (χ2v) is 4.87. The van der Waals surface area contributed by atoms with Gasteiger partial charge in [-0.1, -0.05) is 30.9 Å². The van der Waals surface area contributed by atoms with Gasteiger partial charge in [-0.3, -0.25) is 9.59 Å². The van der Waals surface area contributed by atoms with Gasteiger partial charge >= 0.3 is 0 Å². The fraction of sp³-hybridized carbons (Fsp3) is 0. The highest BCUT2D eigenvalue weighted by Gasteiger charge is 2.26. The molecule has 0 aliphatic carbocycles. The number of rotatable bonds is 3. The summed E-state index contributed by atoms with van der Waals surface area (Å²) in [7, 11) is 0. The molecule has 1 aliphatic heterocycles. The van der Waals surface area contributed by atoms with Gasteiger partial charge in [0.25, 0.3) is 11.8 Å². The number of phenols is 1. The Hall–Kier alpha value is -3.14. The largest absolute Gasteiger partial charge is 0.508 e. The predicted molar refractivity (Wildman–Crippen MR) is 85.3 cm³/mol. The molecule has 0 fully saturated rings. The molecule has 4 nitrogen and oxygen atoms in total.